The van der Waals surface area contributed by atoms with E-state index in [0.717, 1.165) is 24.8 Å². The fourth-order valence-corrected chi connectivity index (χ4v) is 1.68. The monoisotopic (exact) mass is 223 g/mol. The molecule has 1 atom stereocenters. The van der Waals surface area contributed by atoms with Crippen molar-refractivity contribution in [2.75, 3.05) is 0 Å². The zero-order valence-corrected chi connectivity index (χ0v) is 8.99. The molecule has 2 rings (SSSR count). The van der Waals surface area contributed by atoms with Gasteiger partial charge in [-0.15, -0.1) is 0 Å². The van der Waals surface area contributed by atoms with Crippen molar-refractivity contribution < 1.29 is 18.7 Å². The van der Waals surface area contributed by atoms with Gasteiger partial charge in [-0.25, -0.2) is 4.79 Å². The summed E-state index contributed by atoms with van der Waals surface area (Å²) < 4.78 is 10.1. The molecule has 1 N–H and O–H groups in total. The molecule has 5 nitrogen and oxygen atoms in total. The molecule has 0 aromatic carbocycles. The number of hydrogen-bond acceptors (Lipinski definition) is 4. The molecule has 1 aliphatic heterocycles. The summed E-state index contributed by atoms with van der Waals surface area (Å²) in [5.74, 6) is -0.0190. The summed E-state index contributed by atoms with van der Waals surface area (Å²) in [6.07, 6.45) is 2.77. The first-order chi connectivity index (χ1) is 7.72. The van der Waals surface area contributed by atoms with Crippen LogP contribution in [0.4, 0.5) is 4.79 Å². The molecule has 0 bridgehead atoms. The Morgan fingerprint density at radius 2 is 2.25 bits per heavy atom. The predicted octanol–water partition coefficient (Wildman–Crippen LogP) is 1.93. The second-order valence-corrected chi connectivity index (χ2v) is 3.69. The van der Waals surface area contributed by atoms with E-state index in [1.165, 1.54) is 6.26 Å². The minimum absolute atomic E-state index is 0.441. The van der Waals surface area contributed by atoms with Crippen LogP contribution < -0.4 is 5.32 Å². The number of amides is 2. The van der Waals surface area contributed by atoms with Crippen molar-refractivity contribution in [2.45, 2.75) is 32.3 Å². The van der Waals surface area contributed by atoms with E-state index >= 15 is 0 Å². The lowest BCUT2D eigenvalue weighted by atomic mass is 10.1. The van der Waals surface area contributed by atoms with Gasteiger partial charge in [-0.05, 0) is 24.5 Å². The van der Waals surface area contributed by atoms with E-state index in [-0.39, 0.29) is 0 Å². The Morgan fingerprint density at radius 1 is 1.44 bits per heavy atom. The van der Waals surface area contributed by atoms with E-state index in [4.69, 9.17) is 9.15 Å². The number of cyclic esters (lactones) is 1. The Morgan fingerprint density at radius 3 is 2.88 bits per heavy atom. The zero-order chi connectivity index (χ0) is 11.5. The molecular formula is C11H13NO4. The largest absolute Gasteiger partial charge is 0.464 e. The minimum atomic E-state index is -0.922. The topological polar surface area (TPSA) is 68.5 Å². The number of rotatable bonds is 4. The maximum absolute atomic E-state index is 11.4. The average Bonchev–Trinajstić information content (AvgIpc) is 2.81. The molecule has 0 saturated carbocycles. The van der Waals surface area contributed by atoms with Crippen molar-refractivity contribution in [1.29, 1.82) is 0 Å². The van der Waals surface area contributed by atoms with Crippen molar-refractivity contribution in [3.8, 4) is 0 Å². The van der Waals surface area contributed by atoms with Gasteiger partial charge in [0.1, 0.15) is 0 Å². The summed E-state index contributed by atoms with van der Waals surface area (Å²) in [4.78, 5) is 22.3. The van der Waals surface area contributed by atoms with Crippen LogP contribution in [0, 0.1) is 0 Å². The fourth-order valence-electron chi connectivity index (χ4n) is 1.68. The molecule has 0 aliphatic carbocycles. The molecule has 0 spiro atoms. The summed E-state index contributed by atoms with van der Waals surface area (Å²) in [6.45, 7) is 2.09. The van der Waals surface area contributed by atoms with Crippen molar-refractivity contribution >= 4 is 12.0 Å². The lowest BCUT2D eigenvalue weighted by Gasteiger charge is -2.05. The van der Waals surface area contributed by atoms with Crippen LogP contribution in [0.2, 0.25) is 0 Å². The molecule has 2 heterocycles. The summed E-state index contributed by atoms with van der Waals surface area (Å²) in [5.41, 5.74) is 0.928. The summed E-state index contributed by atoms with van der Waals surface area (Å²) in [6, 6.07) is 1.81. The van der Waals surface area contributed by atoms with Gasteiger partial charge < -0.3 is 9.15 Å². The highest BCUT2D eigenvalue weighted by Gasteiger charge is 2.37. The van der Waals surface area contributed by atoms with Crippen LogP contribution in [0.1, 0.15) is 37.2 Å². The Labute approximate surface area is 92.8 Å². The van der Waals surface area contributed by atoms with Gasteiger partial charge in [0.05, 0.1) is 6.26 Å². The lowest BCUT2D eigenvalue weighted by molar-refractivity contribution is -0.124. The zero-order valence-electron chi connectivity index (χ0n) is 8.99. The lowest BCUT2D eigenvalue weighted by Crippen LogP contribution is -2.20. The van der Waals surface area contributed by atoms with Crippen molar-refractivity contribution in [1.82, 2.24) is 5.32 Å². The summed E-state index contributed by atoms with van der Waals surface area (Å²) in [5, 5.41) is 2.08. The first-order valence-electron chi connectivity index (χ1n) is 5.30. The van der Waals surface area contributed by atoms with Gasteiger partial charge in [0, 0.05) is 0 Å². The second-order valence-electron chi connectivity index (χ2n) is 3.69. The SMILES string of the molecule is CCCCc1ccoc1C1OC(=O)NC1=O. The summed E-state index contributed by atoms with van der Waals surface area (Å²) in [7, 11) is 0. The van der Waals surface area contributed by atoms with Crippen LogP contribution in [0.15, 0.2) is 16.7 Å². The molecule has 1 fully saturated rings. The third-order valence-electron chi connectivity index (χ3n) is 2.51. The van der Waals surface area contributed by atoms with E-state index in [1.54, 1.807) is 0 Å². The van der Waals surface area contributed by atoms with Crippen molar-refractivity contribution in [3.63, 3.8) is 0 Å². The van der Waals surface area contributed by atoms with Gasteiger partial charge in [0.25, 0.3) is 5.91 Å². The Bertz CT molecular complexity index is 410. The fraction of sp³-hybridized carbons (Fsp3) is 0.455. The number of hydrogen-bond donors (Lipinski definition) is 1. The molecule has 5 heteroatoms. The van der Waals surface area contributed by atoms with Gasteiger partial charge in [0.15, 0.2) is 5.76 Å². The number of nitrogens with one attached hydrogen (secondary N) is 1. The van der Waals surface area contributed by atoms with E-state index in [9.17, 15) is 9.59 Å². The first-order valence-corrected chi connectivity index (χ1v) is 5.30. The molecular weight excluding hydrogens is 210 g/mol. The highest BCUT2D eigenvalue weighted by Crippen LogP contribution is 2.27. The third kappa shape index (κ3) is 1.93. The number of unbranched alkanes of at least 4 members (excludes halogenated alkanes) is 1. The second kappa shape index (κ2) is 4.38. The van der Waals surface area contributed by atoms with E-state index in [2.05, 4.69) is 12.2 Å². The third-order valence-corrected chi connectivity index (χ3v) is 2.51. The molecule has 1 aromatic rings. The minimum Gasteiger partial charge on any atom is -0.464 e. The number of imide groups is 1. The van der Waals surface area contributed by atoms with E-state index in [1.807, 2.05) is 6.07 Å². The molecule has 1 aromatic heterocycles. The molecule has 1 saturated heterocycles. The van der Waals surface area contributed by atoms with Crippen LogP contribution in [0.5, 0.6) is 0 Å². The van der Waals surface area contributed by atoms with Gasteiger partial charge in [-0.2, -0.15) is 0 Å². The van der Waals surface area contributed by atoms with Crippen LogP contribution in [-0.2, 0) is 16.0 Å². The molecule has 1 aliphatic rings. The van der Waals surface area contributed by atoms with Gasteiger partial charge in [-0.3, -0.25) is 10.1 Å². The molecule has 1 unspecified atom stereocenters. The van der Waals surface area contributed by atoms with E-state index < -0.39 is 18.1 Å². The maximum Gasteiger partial charge on any atom is 0.415 e. The van der Waals surface area contributed by atoms with Gasteiger partial charge in [0.2, 0.25) is 6.10 Å². The highest BCUT2D eigenvalue weighted by molar-refractivity contribution is 6.00. The standard InChI is InChI=1S/C11H13NO4/c1-2-3-4-7-5-6-15-8(7)9-10(13)12-11(14)16-9/h5-6,9H,2-4H2,1H3,(H,12,13,14). The summed E-state index contributed by atoms with van der Waals surface area (Å²) >= 11 is 0. The maximum atomic E-state index is 11.4. The number of furan rings is 1. The Kier molecular flexibility index (Phi) is 2.94. The normalized spacial score (nSPS) is 19.7. The number of alkyl carbamates (subject to hydrolysis) is 1. The van der Waals surface area contributed by atoms with Crippen molar-refractivity contribution in [2.24, 2.45) is 0 Å². The number of carbonyl (C=O) groups excluding carboxylic acids is 2. The number of ether oxygens (including phenoxy) is 1. The highest BCUT2D eigenvalue weighted by atomic mass is 16.6. The van der Waals surface area contributed by atoms with Crippen LogP contribution in [-0.4, -0.2) is 12.0 Å². The van der Waals surface area contributed by atoms with Gasteiger partial charge >= 0.3 is 6.09 Å². The Balaban J connectivity index is 2.17. The Hall–Kier alpha value is -1.78. The quantitative estimate of drug-likeness (QED) is 0.846. The molecule has 0 radical (unpaired) electrons. The number of carbonyl (C=O) groups is 2. The average molecular weight is 223 g/mol. The molecule has 16 heavy (non-hydrogen) atoms. The van der Waals surface area contributed by atoms with Crippen LogP contribution in [0.25, 0.3) is 0 Å². The first kappa shape index (κ1) is 10.7. The van der Waals surface area contributed by atoms with Crippen LogP contribution in [0.3, 0.4) is 0 Å². The van der Waals surface area contributed by atoms with Gasteiger partial charge in [-0.1, -0.05) is 13.3 Å². The molecule has 86 valence electrons. The predicted molar refractivity (Wildman–Crippen MR) is 54.7 cm³/mol. The smallest absolute Gasteiger partial charge is 0.415 e. The molecule has 2 amide bonds. The van der Waals surface area contributed by atoms with Crippen LogP contribution >= 0.6 is 0 Å². The number of aryl methyl sites for hydroxylation is 1. The van der Waals surface area contributed by atoms with Crippen molar-refractivity contribution in [3.05, 3.63) is 23.7 Å². The van der Waals surface area contributed by atoms with E-state index in [0.29, 0.717) is 5.76 Å².